The molecule has 0 spiro atoms. The molecule has 1 amide bonds. The van der Waals surface area contributed by atoms with Crippen LogP contribution in [0.5, 0.6) is 5.75 Å². The summed E-state index contributed by atoms with van der Waals surface area (Å²) in [7, 11) is 1.55. The standard InChI is InChI=1S/C22H20ClNO2/c1-15-7-6-10-17(13-15)21(16-8-4-3-5-9-16)24-22(25)18-11-12-20(26-2)19(23)14-18/h3-14,21H,1-2H3,(H,24,25). The monoisotopic (exact) mass is 365 g/mol. The Balaban J connectivity index is 1.93. The third kappa shape index (κ3) is 4.06. The highest BCUT2D eigenvalue weighted by molar-refractivity contribution is 6.32. The van der Waals surface area contributed by atoms with Gasteiger partial charge in [-0.1, -0.05) is 71.8 Å². The Morgan fingerprint density at radius 2 is 1.69 bits per heavy atom. The molecule has 0 bridgehead atoms. The molecule has 0 saturated heterocycles. The maximum Gasteiger partial charge on any atom is 0.252 e. The van der Waals surface area contributed by atoms with Gasteiger partial charge < -0.3 is 10.1 Å². The van der Waals surface area contributed by atoms with E-state index in [0.717, 1.165) is 16.7 Å². The van der Waals surface area contributed by atoms with Gasteiger partial charge in [0, 0.05) is 5.56 Å². The number of ether oxygens (including phenoxy) is 1. The van der Waals surface area contributed by atoms with Gasteiger partial charge in [0.15, 0.2) is 0 Å². The average molecular weight is 366 g/mol. The number of hydrogen-bond donors (Lipinski definition) is 1. The Hall–Kier alpha value is -2.78. The van der Waals surface area contributed by atoms with E-state index in [-0.39, 0.29) is 11.9 Å². The van der Waals surface area contributed by atoms with Crippen molar-refractivity contribution in [3.8, 4) is 5.75 Å². The van der Waals surface area contributed by atoms with Crippen LogP contribution in [0, 0.1) is 6.92 Å². The highest BCUT2D eigenvalue weighted by Crippen LogP contribution is 2.27. The Bertz CT molecular complexity index is 909. The van der Waals surface area contributed by atoms with E-state index in [2.05, 4.69) is 11.4 Å². The molecule has 3 rings (SSSR count). The molecule has 1 N–H and O–H groups in total. The molecule has 0 radical (unpaired) electrons. The first-order valence-corrected chi connectivity index (χ1v) is 8.72. The van der Waals surface area contributed by atoms with E-state index < -0.39 is 0 Å². The summed E-state index contributed by atoms with van der Waals surface area (Å²) in [6.45, 7) is 2.04. The smallest absolute Gasteiger partial charge is 0.252 e. The molecule has 0 aliphatic carbocycles. The van der Waals surface area contributed by atoms with E-state index in [1.807, 2.05) is 55.5 Å². The molecule has 4 heteroatoms. The number of benzene rings is 3. The lowest BCUT2D eigenvalue weighted by Crippen LogP contribution is -2.29. The van der Waals surface area contributed by atoms with Crippen LogP contribution in [0.2, 0.25) is 5.02 Å². The number of rotatable bonds is 5. The van der Waals surface area contributed by atoms with E-state index >= 15 is 0 Å². The summed E-state index contributed by atoms with van der Waals surface area (Å²) in [5.74, 6) is 0.353. The van der Waals surface area contributed by atoms with Gasteiger partial charge >= 0.3 is 0 Å². The van der Waals surface area contributed by atoms with Crippen molar-refractivity contribution in [2.45, 2.75) is 13.0 Å². The normalized spacial score (nSPS) is 11.7. The molecule has 0 fully saturated rings. The van der Waals surface area contributed by atoms with Gasteiger partial charge in [-0.15, -0.1) is 0 Å². The summed E-state index contributed by atoms with van der Waals surface area (Å²) in [6.07, 6.45) is 0. The third-order valence-corrected chi connectivity index (χ3v) is 4.49. The van der Waals surface area contributed by atoms with Gasteiger partial charge in [0.2, 0.25) is 0 Å². The lowest BCUT2D eigenvalue weighted by atomic mass is 9.97. The molecule has 3 aromatic rings. The molecule has 26 heavy (non-hydrogen) atoms. The van der Waals surface area contributed by atoms with Gasteiger partial charge in [0.25, 0.3) is 5.91 Å². The van der Waals surface area contributed by atoms with Crippen molar-refractivity contribution in [3.05, 3.63) is 100 Å². The van der Waals surface area contributed by atoms with E-state index in [9.17, 15) is 4.79 Å². The minimum Gasteiger partial charge on any atom is -0.495 e. The maximum atomic E-state index is 12.8. The Labute approximate surface area is 158 Å². The first kappa shape index (κ1) is 18.0. The van der Waals surface area contributed by atoms with Gasteiger partial charge in [-0.3, -0.25) is 4.79 Å². The van der Waals surface area contributed by atoms with Gasteiger partial charge in [0.05, 0.1) is 18.2 Å². The van der Waals surface area contributed by atoms with Crippen LogP contribution in [-0.4, -0.2) is 13.0 Å². The molecule has 1 atom stereocenters. The second kappa shape index (κ2) is 8.07. The number of methoxy groups -OCH3 is 1. The van der Waals surface area contributed by atoms with Crippen molar-refractivity contribution >= 4 is 17.5 Å². The van der Waals surface area contributed by atoms with E-state index in [1.165, 1.54) is 0 Å². The van der Waals surface area contributed by atoms with Crippen LogP contribution in [0.4, 0.5) is 0 Å². The highest BCUT2D eigenvalue weighted by atomic mass is 35.5. The zero-order chi connectivity index (χ0) is 18.5. The molecule has 0 saturated carbocycles. The number of carbonyl (C=O) groups is 1. The fourth-order valence-electron chi connectivity index (χ4n) is 2.88. The van der Waals surface area contributed by atoms with Crippen LogP contribution in [0.1, 0.15) is 33.1 Å². The fraction of sp³-hybridized carbons (Fsp3) is 0.136. The van der Waals surface area contributed by atoms with Crippen LogP contribution >= 0.6 is 11.6 Å². The topological polar surface area (TPSA) is 38.3 Å². The average Bonchev–Trinajstić information content (AvgIpc) is 2.66. The molecule has 0 heterocycles. The van der Waals surface area contributed by atoms with Crippen molar-refractivity contribution in [3.63, 3.8) is 0 Å². The summed E-state index contributed by atoms with van der Waals surface area (Å²) in [5.41, 5.74) is 3.68. The molecular weight excluding hydrogens is 346 g/mol. The van der Waals surface area contributed by atoms with Crippen LogP contribution < -0.4 is 10.1 Å². The number of carbonyl (C=O) groups excluding carboxylic acids is 1. The zero-order valence-electron chi connectivity index (χ0n) is 14.7. The summed E-state index contributed by atoms with van der Waals surface area (Å²) in [4.78, 5) is 12.8. The summed E-state index contributed by atoms with van der Waals surface area (Å²) in [5, 5.41) is 3.53. The van der Waals surface area contributed by atoms with E-state index in [0.29, 0.717) is 16.3 Å². The molecule has 0 aromatic heterocycles. The predicted molar refractivity (Wildman–Crippen MR) is 105 cm³/mol. The van der Waals surface area contributed by atoms with Crippen molar-refractivity contribution in [1.29, 1.82) is 0 Å². The maximum absolute atomic E-state index is 12.8. The van der Waals surface area contributed by atoms with Gasteiger partial charge in [-0.2, -0.15) is 0 Å². The molecule has 3 nitrogen and oxygen atoms in total. The number of aryl methyl sites for hydroxylation is 1. The van der Waals surface area contributed by atoms with Crippen molar-refractivity contribution in [1.82, 2.24) is 5.32 Å². The molecule has 132 valence electrons. The van der Waals surface area contributed by atoms with Gasteiger partial charge in [0.1, 0.15) is 5.75 Å². The molecular formula is C22H20ClNO2. The van der Waals surface area contributed by atoms with Crippen LogP contribution in [0.15, 0.2) is 72.8 Å². The van der Waals surface area contributed by atoms with Crippen LogP contribution in [-0.2, 0) is 0 Å². The predicted octanol–water partition coefficient (Wildman–Crippen LogP) is 5.18. The molecule has 0 aliphatic heterocycles. The zero-order valence-corrected chi connectivity index (χ0v) is 15.5. The fourth-order valence-corrected chi connectivity index (χ4v) is 3.13. The molecule has 0 aliphatic rings. The Morgan fingerprint density at radius 1 is 0.962 bits per heavy atom. The van der Waals surface area contributed by atoms with Crippen molar-refractivity contribution < 1.29 is 9.53 Å². The first-order valence-electron chi connectivity index (χ1n) is 8.34. The van der Waals surface area contributed by atoms with E-state index in [4.69, 9.17) is 16.3 Å². The van der Waals surface area contributed by atoms with Gasteiger partial charge in [-0.05, 0) is 36.2 Å². The summed E-state index contributed by atoms with van der Waals surface area (Å²) < 4.78 is 5.15. The van der Waals surface area contributed by atoms with Crippen LogP contribution in [0.3, 0.4) is 0 Å². The lowest BCUT2D eigenvalue weighted by Gasteiger charge is -2.20. The second-order valence-corrected chi connectivity index (χ2v) is 6.49. The lowest BCUT2D eigenvalue weighted by molar-refractivity contribution is 0.0943. The molecule has 1 unspecified atom stereocenters. The quantitative estimate of drug-likeness (QED) is 0.676. The number of nitrogens with one attached hydrogen (secondary N) is 1. The van der Waals surface area contributed by atoms with Gasteiger partial charge in [-0.25, -0.2) is 0 Å². The highest BCUT2D eigenvalue weighted by Gasteiger charge is 2.18. The molecule has 3 aromatic carbocycles. The Morgan fingerprint density at radius 3 is 2.35 bits per heavy atom. The van der Waals surface area contributed by atoms with E-state index in [1.54, 1.807) is 25.3 Å². The number of hydrogen-bond acceptors (Lipinski definition) is 2. The summed E-state index contributed by atoms with van der Waals surface area (Å²) >= 11 is 6.16. The minimum absolute atomic E-state index is 0.190. The largest absolute Gasteiger partial charge is 0.495 e. The Kier molecular flexibility index (Phi) is 5.59. The first-order chi connectivity index (χ1) is 12.6. The minimum atomic E-state index is -0.246. The van der Waals surface area contributed by atoms with Crippen molar-refractivity contribution in [2.75, 3.05) is 7.11 Å². The summed E-state index contributed by atoms with van der Waals surface area (Å²) in [6, 6.07) is 22.8. The number of halogens is 1. The number of amides is 1. The van der Waals surface area contributed by atoms with Crippen LogP contribution in [0.25, 0.3) is 0 Å². The second-order valence-electron chi connectivity index (χ2n) is 6.08. The SMILES string of the molecule is COc1ccc(C(=O)NC(c2ccccc2)c2cccc(C)c2)cc1Cl. The third-order valence-electron chi connectivity index (χ3n) is 4.20. The van der Waals surface area contributed by atoms with Crippen molar-refractivity contribution in [2.24, 2.45) is 0 Å².